The van der Waals surface area contributed by atoms with Crippen molar-refractivity contribution in [2.75, 3.05) is 30.9 Å². The summed E-state index contributed by atoms with van der Waals surface area (Å²) >= 11 is 0. The Labute approximate surface area is 187 Å². The number of hydrogen-bond donors (Lipinski definition) is 1. The SMILES string of the molecule is COc1ccc2c(c1)CN(c1nc3c(c(Nc4ccc5c(c4)C=NC5)n1)CCN(C)C3)C2. The lowest BCUT2D eigenvalue weighted by atomic mass is 10.1. The Morgan fingerprint density at radius 2 is 1.84 bits per heavy atom. The van der Waals surface area contributed by atoms with Crippen LogP contribution >= 0.6 is 0 Å². The summed E-state index contributed by atoms with van der Waals surface area (Å²) in [4.78, 5) is 19.0. The van der Waals surface area contributed by atoms with E-state index in [4.69, 9.17) is 14.7 Å². The zero-order valence-electron chi connectivity index (χ0n) is 18.4. The lowest BCUT2D eigenvalue weighted by Gasteiger charge is -2.28. The molecule has 2 aromatic carbocycles. The van der Waals surface area contributed by atoms with Gasteiger partial charge in [-0.05, 0) is 60.0 Å². The minimum atomic E-state index is 0.773. The quantitative estimate of drug-likeness (QED) is 0.687. The van der Waals surface area contributed by atoms with E-state index in [1.165, 1.54) is 27.8 Å². The van der Waals surface area contributed by atoms with Crippen molar-refractivity contribution in [2.45, 2.75) is 32.6 Å². The Morgan fingerprint density at radius 3 is 2.75 bits per heavy atom. The van der Waals surface area contributed by atoms with Crippen LogP contribution in [0.25, 0.3) is 0 Å². The highest BCUT2D eigenvalue weighted by Gasteiger charge is 2.26. The van der Waals surface area contributed by atoms with E-state index in [9.17, 15) is 0 Å². The van der Waals surface area contributed by atoms with E-state index in [0.717, 1.165) is 68.0 Å². The van der Waals surface area contributed by atoms with E-state index in [2.05, 4.69) is 57.5 Å². The summed E-state index contributed by atoms with van der Waals surface area (Å²) in [6, 6.07) is 12.7. The van der Waals surface area contributed by atoms with Gasteiger partial charge in [-0.1, -0.05) is 12.1 Å². The molecule has 4 heterocycles. The van der Waals surface area contributed by atoms with Gasteiger partial charge < -0.3 is 19.9 Å². The van der Waals surface area contributed by atoms with E-state index in [1.807, 2.05) is 12.3 Å². The molecule has 0 bridgehead atoms. The van der Waals surface area contributed by atoms with Crippen LogP contribution in [-0.4, -0.2) is 41.8 Å². The molecule has 0 atom stereocenters. The summed E-state index contributed by atoms with van der Waals surface area (Å²) in [5.41, 5.74) is 8.40. The highest BCUT2D eigenvalue weighted by Crippen LogP contribution is 2.33. The Hall–Kier alpha value is -3.45. The number of nitrogens with zero attached hydrogens (tertiary/aromatic N) is 5. The third-order valence-electron chi connectivity index (χ3n) is 6.56. The maximum atomic E-state index is 5.41. The van der Waals surface area contributed by atoms with Crippen molar-refractivity contribution in [1.29, 1.82) is 0 Å². The molecule has 0 aliphatic carbocycles. The molecule has 162 valence electrons. The van der Waals surface area contributed by atoms with Crippen LogP contribution in [0.15, 0.2) is 41.4 Å². The smallest absolute Gasteiger partial charge is 0.228 e. The maximum Gasteiger partial charge on any atom is 0.228 e. The molecule has 0 unspecified atom stereocenters. The number of benzene rings is 2. The first-order valence-electron chi connectivity index (χ1n) is 11.0. The van der Waals surface area contributed by atoms with Crippen LogP contribution in [0.2, 0.25) is 0 Å². The highest BCUT2D eigenvalue weighted by molar-refractivity contribution is 5.86. The zero-order valence-corrected chi connectivity index (χ0v) is 18.4. The zero-order chi connectivity index (χ0) is 21.7. The third kappa shape index (κ3) is 3.39. The molecule has 0 amide bonds. The molecule has 7 nitrogen and oxygen atoms in total. The Balaban J connectivity index is 1.35. The number of ether oxygens (including phenoxy) is 1. The second-order valence-corrected chi connectivity index (χ2v) is 8.78. The first-order chi connectivity index (χ1) is 15.7. The minimum Gasteiger partial charge on any atom is -0.497 e. The molecule has 0 radical (unpaired) electrons. The fourth-order valence-corrected chi connectivity index (χ4v) is 4.75. The van der Waals surface area contributed by atoms with Gasteiger partial charge in [0.05, 0.1) is 19.3 Å². The molecule has 0 saturated carbocycles. The molecule has 6 rings (SSSR count). The van der Waals surface area contributed by atoms with E-state index in [0.29, 0.717) is 0 Å². The van der Waals surface area contributed by atoms with Crippen LogP contribution in [0.5, 0.6) is 5.75 Å². The number of anilines is 3. The number of aromatic nitrogens is 2. The van der Waals surface area contributed by atoms with Gasteiger partial charge in [0.1, 0.15) is 11.6 Å². The number of aliphatic imine (C=N–C) groups is 1. The summed E-state index contributed by atoms with van der Waals surface area (Å²) in [7, 11) is 3.86. The number of hydrogen-bond acceptors (Lipinski definition) is 7. The predicted octanol–water partition coefficient (Wildman–Crippen LogP) is 3.67. The molecular formula is C25H26N6O. The van der Waals surface area contributed by atoms with Gasteiger partial charge in [0.15, 0.2) is 0 Å². The van der Waals surface area contributed by atoms with Crippen LogP contribution < -0.4 is 15.0 Å². The van der Waals surface area contributed by atoms with Gasteiger partial charge in [-0.15, -0.1) is 0 Å². The molecule has 3 aliphatic rings. The van der Waals surface area contributed by atoms with Crippen molar-refractivity contribution in [2.24, 2.45) is 4.99 Å². The van der Waals surface area contributed by atoms with Gasteiger partial charge in [-0.2, -0.15) is 4.98 Å². The first kappa shape index (κ1) is 19.3. The second kappa shape index (κ2) is 7.60. The minimum absolute atomic E-state index is 0.773. The first-order valence-corrected chi connectivity index (χ1v) is 11.0. The monoisotopic (exact) mass is 426 g/mol. The number of rotatable bonds is 4. The summed E-state index contributed by atoms with van der Waals surface area (Å²) in [6.07, 6.45) is 2.89. The predicted molar refractivity (Wildman–Crippen MR) is 126 cm³/mol. The van der Waals surface area contributed by atoms with Gasteiger partial charge in [-0.25, -0.2) is 4.98 Å². The molecule has 1 aromatic heterocycles. The van der Waals surface area contributed by atoms with Gasteiger partial charge in [0, 0.05) is 43.6 Å². The molecule has 32 heavy (non-hydrogen) atoms. The number of likely N-dealkylation sites (N-methyl/N-ethyl adjacent to an activating group) is 1. The fourth-order valence-electron chi connectivity index (χ4n) is 4.75. The molecule has 7 heteroatoms. The van der Waals surface area contributed by atoms with Crippen molar-refractivity contribution in [3.8, 4) is 5.75 Å². The molecule has 1 N–H and O–H groups in total. The Morgan fingerprint density at radius 1 is 0.969 bits per heavy atom. The maximum absolute atomic E-state index is 5.41. The van der Waals surface area contributed by atoms with Crippen LogP contribution in [-0.2, 0) is 32.6 Å². The standard InChI is InChI=1S/C25H26N6O/c1-30-8-7-22-23(15-30)28-25(31-13-17-4-6-21(32-2)10-19(17)14-31)29-24(22)27-20-5-3-16-11-26-12-18(16)9-20/h3-6,9-10,12H,7-8,11,13-15H2,1-2H3,(H,27,28,29). The van der Waals surface area contributed by atoms with Gasteiger partial charge in [0.2, 0.25) is 5.95 Å². The summed E-state index contributed by atoms with van der Waals surface area (Å²) < 4.78 is 5.41. The van der Waals surface area contributed by atoms with E-state index in [-0.39, 0.29) is 0 Å². The summed E-state index contributed by atoms with van der Waals surface area (Å²) in [6.45, 7) is 4.22. The fraction of sp³-hybridized carbons (Fsp3) is 0.320. The van der Waals surface area contributed by atoms with Gasteiger partial charge in [0.25, 0.3) is 0 Å². The largest absolute Gasteiger partial charge is 0.497 e. The van der Waals surface area contributed by atoms with Crippen molar-refractivity contribution in [3.05, 3.63) is 69.9 Å². The topological polar surface area (TPSA) is 65.9 Å². The van der Waals surface area contributed by atoms with Crippen molar-refractivity contribution in [3.63, 3.8) is 0 Å². The molecule has 0 saturated heterocycles. The van der Waals surface area contributed by atoms with Gasteiger partial charge >= 0.3 is 0 Å². The molecule has 0 spiro atoms. The van der Waals surface area contributed by atoms with Crippen molar-refractivity contribution < 1.29 is 4.74 Å². The van der Waals surface area contributed by atoms with E-state index < -0.39 is 0 Å². The number of fused-ring (bicyclic) bond motifs is 3. The average Bonchev–Trinajstić information content (AvgIpc) is 3.44. The summed E-state index contributed by atoms with van der Waals surface area (Å²) in [5.74, 6) is 2.59. The molecular weight excluding hydrogens is 400 g/mol. The molecule has 3 aromatic rings. The lowest BCUT2D eigenvalue weighted by Crippen LogP contribution is -2.30. The van der Waals surface area contributed by atoms with E-state index >= 15 is 0 Å². The molecule has 0 fully saturated rings. The van der Waals surface area contributed by atoms with Crippen LogP contribution in [0.4, 0.5) is 17.5 Å². The summed E-state index contributed by atoms with van der Waals surface area (Å²) in [5, 5.41) is 3.60. The lowest BCUT2D eigenvalue weighted by molar-refractivity contribution is 0.307. The number of nitrogens with one attached hydrogen (secondary N) is 1. The highest BCUT2D eigenvalue weighted by atomic mass is 16.5. The third-order valence-corrected chi connectivity index (χ3v) is 6.56. The van der Waals surface area contributed by atoms with Crippen LogP contribution in [0.1, 0.15) is 33.5 Å². The Kier molecular flexibility index (Phi) is 4.57. The normalized spacial score (nSPS) is 16.6. The number of methoxy groups -OCH3 is 1. The second-order valence-electron chi connectivity index (χ2n) is 8.78. The average molecular weight is 427 g/mol. The van der Waals surface area contributed by atoms with Gasteiger partial charge in [-0.3, -0.25) is 4.99 Å². The Bertz CT molecular complexity index is 1240. The van der Waals surface area contributed by atoms with Crippen molar-refractivity contribution >= 4 is 23.7 Å². The van der Waals surface area contributed by atoms with E-state index in [1.54, 1.807) is 7.11 Å². The van der Waals surface area contributed by atoms with Crippen molar-refractivity contribution in [1.82, 2.24) is 14.9 Å². The van der Waals surface area contributed by atoms with Crippen LogP contribution in [0.3, 0.4) is 0 Å². The molecule has 3 aliphatic heterocycles. The van der Waals surface area contributed by atoms with Crippen LogP contribution in [0, 0.1) is 0 Å².